The summed E-state index contributed by atoms with van der Waals surface area (Å²) in [4.78, 5) is 28.4. The maximum atomic E-state index is 13.1. The van der Waals surface area contributed by atoms with Crippen molar-refractivity contribution in [1.82, 2.24) is 15.6 Å². The van der Waals surface area contributed by atoms with Gasteiger partial charge in [-0.3, -0.25) is 20.5 Å². The molecule has 2 aliphatic carbocycles. The fourth-order valence-corrected chi connectivity index (χ4v) is 3.17. The molecular formula is C23H27FN4O4. The number of carbonyl (C=O) groups excluding carboxylic acids is 2. The number of hydrogen-bond donors (Lipinski definition) is 3. The number of nitrogens with one attached hydrogen (secondary N) is 3. The van der Waals surface area contributed by atoms with Gasteiger partial charge in [0.1, 0.15) is 23.4 Å². The third-order valence-electron chi connectivity index (χ3n) is 4.68. The van der Waals surface area contributed by atoms with Crippen LogP contribution in [-0.2, 0) is 9.53 Å². The summed E-state index contributed by atoms with van der Waals surface area (Å²) in [5, 5.41) is 13.2. The summed E-state index contributed by atoms with van der Waals surface area (Å²) in [6, 6.07) is 1.72. The van der Waals surface area contributed by atoms with Gasteiger partial charge in [0.25, 0.3) is 0 Å². The molecule has 1 unspecified atom stereocenters. The van der Waals surface area contributed by atoms with Gasteiger partial charge in [-0.25, -0.2) is 9.18 Å². The van der Waals surface area contributed by atoms with Crippen LogP contribution in [0.2, 0.25) is 0 Å². The molecular weight excluding hydrogens is 415 g/mol. The number of halogens is 1. The zero-order chi connectivity index (χ0) is 23.5. The van der Waals surface area contributed by atoms with Crippen LogP contribution in [0.5, 0.6) is 5.75 Å². The normalized spacial score (nSPS) is 21.2. The molecule has 32 heavy (non-hydrogen) atoms. The van der Waals surface area contributed by atoms with Crippen molar-refractivity contribution in [3.8, 4) is 5.75 Å². The highest BCUT2D eigenvalue weighted by molar-refractivity contribution is 6.05. The summed E-state index contributed by atoms with van der Waals surface area (Å²) in [6.45, 7) is 5.31. The van der Waals surface area contributed by atoms with Gasteiger partial charge in [0.05, 0.1) is 13.0 Å². The van der Waals surface area contributed by atoms with E-state index < -0.39 is 29.7 Å². The molecule has 170 valence electrons. The van der Waals surface area contributed by atoms with E-state index in [0.29, 0.717) is 34.6 Å². The standard InChI is InChI=1S/C23H27FN4O4/c1-23(2,3)32-22(30)27-15-8-13(9-20(25)28-21(29)16-11-18(16)24)7-14(10-15)17-12-26-6-5-19(17)31-4/h5-7,9-10,12,16,18H,8,11H2,1-4H3,(H,27,30)(H2,25,28,29)/b13-9-/t16-,18?/m1/s1. The number of rotatable bonds is 5. The van der Waals surface area contributed by atoms with E-state index in [1.165, 1.54) is 6.08 Å². The second kappa shape index (κ2) is 9.33. The molecule has 0 aromatic carbocycles. The van der Waals surface area contributed by atoms with Gasteiger partial charge in [0.2, 0.25) is 5.91 Å². The minimum absolute atomic E-state index is 0.156. The van der Waals surface area contributed by atoms with Crippen LogP contribution in [0.15, 0.2) is 48.0 Å². The number of alkyl carbamates (subject to hydrolysis) is 1. The van der Waals surface area contributed by atoms with Gasteiger partial charge < -0.3 is 14.8 Å². The van der Waals surface area contributed by atoms with Gasteiger partial charge in [-0.2, -0.15) is 0 Å². The fourth-order valence-electron chi connectivity index (χ4n) is 3.17. The molecule has 0 bridgehead atoms. The molecule has 0 aliphatic heterocycles. The largest absolute Gasteiger partial charge is 0.496 e. The molecule has 0 radical (unpaired) electrons. The molecule has 1 aromatic heterocycles. The van der Waals surface area contributed by atoms with Crippen LogP contribution in [0.25, 0.3) is 5.57 Å². The number of pyridine rings is 1. The molecule has 8 nitrogen and oxygen atoms in total. The van der Waals surface area contributed by atoms with Crippen LogP contribution in [0.3, 0.4) is 0 Å². The van der Waals surface area contributed by atoms with Crippen LogP contribution in [0.1, 0.15) is 39.2 Å². The third kappa shape index (κ3) is 6.26. The summed E-state index contributed by atoms with van der Waals surface area (Å²) in [5.74, 6) is -0.756. The number of nitrogens with zero attached hydrogens (tertiary/aromatic N) is 1. The highest BCUT2D eigenvalue weighted by Gasteiger charge is 2.43. The Morgan fingerprint density at radius 2 is 2.03 bits per heavy atom. The predicted molar refractivity (Wildman–Crippen MR) is 118 cm³/mol. The number of ether oxygens (including phenoxy) is 2. The maximum absolute atomic E-state index is 13.1. The van der Waals surface area contributed by atoms with E-state index in [-0.39, 0.29) is 12.3 Å². The zero-order valence-corrected chi connectivity index (χ0v) is 18.5. The summed E-state index contributed by atoms with van der Waals surface area (Å²) in [7, 11) is 1.55. The molecule has 2 atom stereocenters. The Morgan fingerprint density at radius 3 is 2.66 bits per heavy atom. The Morgan fingerprint density at radius 1 is 1.31 bits per heavy atom. The number of amides is 2. The monoisotopic (exact) mass is 442 g/mol. The summed E-state index contributed by atoms with van der Waals surface area (Å²) in [5.41, 5.74) is 1.92. The Kier molecular flexibility index (Phi) is 6.76. The fraction of sp³-hybridized carbons (Fsp3) is 0.391. The van der Waals surface area contributed by atoms with Crippen molar-refractivity contribution in [1.29, 1.82) is 5.41 Å². The van der Waals surface area contributed by atoms with Crippen LogP contribution in [0, 0.1) is 11.3 Å². The first-order valence-corrected chi connectivity index (χ1v) is 10.2. The van der Waals surface area contributed by atoms with Crippen molar-refractivity contribution in [2.24, 2.45) is 5.92 Å². The first-order chi connectivity index (χ1) is 15.1. The summed E-state index contributed by atoms with van der Waals surface area (Å²) >= 11 is 0. The molecule has 3 N–H and O–H groups in total. The lowest BCUT2D eigenvalue weighted by Gasteiger charge is -2.22. The van der Waals surface area contributed by atoms with E-state index in [9.17, 15) is 14.0 Å². The quantitative estimate of drug-likeness (QED) is 0.476. The molecule has 1 saturated carbocycles. The van der Waals surface area contributed by atoms with Crippen molar-refractivity contribution >= 4 is 23.4 Å². The van der Waals surface area contributed by atoms with Gasteiger partial charge in [-0.05, 0) is 56.6 Å². The molecule has 0 spiro atoms. The minimum Gasteiger partial charge on any atom is -0.496 e. The van der Waals surface area contributed by atoms with Crippen LogP contribution >= 0.6 is 0 Å². The molecule has 2 aliphatic rings. The molecule has 9 heteroatoms. The average Bonchev–Trinajstić information content (AvgIpc) is 3.43. The van der Waals surface area contributed by atoms with E-state index in [2.05, 4.69) is 15.6 Å². The Balaban J connectivity index is 1.86. The van der Waals surface area contributed by atoms with Crippen molar-refractivity contribution in [3.63, 3.8) is 0 Å². The molecule has 1 aromatic rings. The third-order valence-corrected chi connectivity index (χ3v) is 4.68. The SMILES string of the molecule is COc1ccncc1C1=C/C(=C/C(=N)NC(=O)[C@@H]2CC2F)CC(NC(=O)OC(C)(C)C)=C1. The van der Waals surface area contributed by atoms with Gasteiger partial charge in [-0.15, -0.1) is 0 Å². The van der Waals surface area contributed by atoms with E-state index in [4.69, 9.17) is 14.9 Å². The Hall–Kier alpha value is -3.49. The van der Waals surface area contributed by atoms with Gasteiger partial charge >= 0.3 is 6.09 Å². The number of amidine groups is 1. The number of allylic oxidation sites excluding steroid dienone is 4. The molecule has 1 heterocycles. The van der Waals surface area contributed by atoms with Crippen LogP contribution in [0.4, 0.5) is 9.18 Å². The first-order valence-electron chi connectivity index (χ1n) is 10.2. The summed E-state index contributed by atoms with van der Waals surface area (Å²) in [6.07, 6.45) is 7.04. The lowest BCUT2D eigenvalue weighted by molar-refractivity contribution is -0.121. The highest BCUT2D eigenvalue weighted by Crippen LogP contribution is 2.34. The van der Waals surface area contributed by atoms with Gasteiger partial charge in [-0.1, -0.05) is 6.08 Å². The average molecular weight is 442 g/mol. The number of carbonyl (C=O) groups is 2. The predicted octanol–water partition coefficient (Wildman–Crippen LogP) is 3.66. The number of methoxy groups -OCH3 is 1. The lowest BCUT2D eigenvalue weighted by atomic mass is 9.94. The molecule has 1 fully saturated rings. The maximum Gasteiger partial charge on any atom is 0.411 e. The molecule has 0 saturated heterocycles. The van der Waals surface area contributed by atoms with E-state index in [0.717, 1.165) is 0 Å². The van der Waals surface area contributed by atoms with Crippen molar-refractivity contribution < 1.29 is 23.5 Å². The highest BCUT2D eigenvalue weighted by atomic mass is 19.1. The Labute approximate surface area is 186 Å². The Bertz CT molecular complexity index is 1020. The van der Waals surface area contributed by atoms with Crippen molar-refractivity contribution in [3.05, 3.63) is 53.5 Å². The smallest absolute Gasteiger partial charge is 0.411 e. The van der Waals surface area contributed by atoms with Crippen molar-refractivity contribution in [2.45, 2.75) is 45.4 Å². The number of hydrogen-bond acceptors (Lipinski definition) is 6. The van der Waals surface area contributed by atoms with Gasteiger partial charge in [0, 0.05) is 30.1 Å². The lowest BCUT2D eigenvalue weighted by Crippen LogP contribution is -2.33. The van der Waals surface area contributed by atoms with Crippen LogP contribution in [-0.4, -0.2) is 41.7 Å². The minimum atomic E-state index is -1.14. The zero-order valence-electron chi connectivity index (χ0n) is 18.5. The summed E-state index contributed by atoms with van der Waals surface area (Å²) < 4.78 is 23.9. The second-order valence-electron chi connectivity index (χ2n) is 8.63. The second-order valence-corrected chi connectivity index (χ2v) is 8.63. The molecule has 2 amide bonds. The number of alkyl halides is 1. The van der Waals surface area contributed by atoms with E-state index in [1.807, 2.05) is 6.08 Å². The van der Waals surface area contributed by atoms with E-state index in [1.54, 1.807) is 52.4 Å². The van der Waals surface area contributed by atoms with E-state index >= 15 is 0 Å². The number of aromatic nitrogens is 1. The molecule has 3 rings (SSSR count). The first kappa shape index (κ1) is 23.2. The van der Waals surface area contributed by atoms with Crippen molar-refractivity contribution in [2.75, 3.05) is 7.11 Å². The van der Waals surface area contributed by atoms with Crippen LogP contribution < -0.4 is 15.4 Å². The van der Waals surface area contributed by atoms with Gasteiger partial charge in [0.15, 0.2) is 0 Å². The topological polar surface area (TPSA) is 113 Å².